The van der Waals surface area contributed by atoms with Crippen LogP contribution in [0.4, 0.5) is 0 Å². The Morgan fingerprint density at radius 2 is 2.07 bits per heavy atom. The first-order valence-electron chi connectivity index (χ1n) is 7.76. The summed E-state index contributed by atoms with van der Waals surface area (Å²) in [7, 11) is 1.55. The van der Waals surface area contributed by atoms with E-state index in [2.05, 4.69) is 5.10 Å². The van der Waals surface area contributed by atoms with E-state index in [-0.39, 0.29) is 12.5 Å². The first-order chi connectivity index (χ1) is 13.0. The molecule has 140 valence electrons. The summed E-state index contributed by atoms with van der Waals surface area (Å²) in [6.45, 7) is 0.271. The van der Waals surface area contributed by atoms with Crippen LogP contribution < -0.4 is 9.47 Å². The molecule has 3 rings (SSSR count). The summed E-state index contributed by atoms with van der Waals surface area (Å²) in [4.78, 5) is 11.7. The summed E-state index contributed by atoms with van der Waals surface area (Å²) in [5.41, 5.74) is 1.56. The molecule has 0 unspecified atom stereocenters. The minimum atomic E-state index is -0.131. The van der Waals surface area contributed by atoms with Crippen LogP contribution in [0.3, 0.4) is 0 Å². The van der Waals surface area contributed by atoms with Crippen molar-refractivity contribution in [2.45, 2.75) is 6.61 Å². The lowest BCUT2D eigenvalue weighted by Crippen LogP contribution is -2.22. The Morgan fingerprint density at radius 1 is 1.26 bits per heavy atom. The zero-order chi connectivity index (χ0) is 19.4. The highest BCUT2D eigenvalue weighted by Gasteiger charge is 2.25. The molecule has 5 nitrogen and oxygen atoms in total. The van der Waals surface area contributed by atoms with Gasteiger partial charge in [-0.05, 0) is 35.9 Å². The third-order valence-corrected chi connectivity index (χ3v) is 5.56. The average molecular weight is 441 g/mol. The predicted octanol–water partition coefficient (Wildman–Crippen LogP) is 4.78. The molecule has 2 aromatic rings. The van der Waals surface area contributed by atoms with Crippen molar-refractivity contribution in [3.8, 4) is 11.5 Å². The Labute approximate surface area is 176 Å². The van der Waals surface area contributed by atoms with Crippen LogP contribution in [0.2, 0.25) is 10.0 Å². The van der Waals surface area contributed by atoms with Crippen molar-refractivity contribution in [1.82, 2.24) is 5.01 Å². The van der Waals surface area contributed by atoms with Gasteiger partial charge in [-0.3, -0.25) is 4.79 Å². The fourth-order valence-electron chi connectivity index (χ4n) is 2.26. The van der Waals surface area contributed by atoms with Crippen molar-refractivity contribution in [2.24, 2.45) is 5.10 Å². The first-order valence-corrected chi connectivity index (χ1v) is 9.91. The van der Waals surface area contributed by atoms with E-state index in [0.29, 0.717) is 31.6 Å². The number of thiocarbonyl (C=S) groups is 1. The molecule has 0 spiro atoms. The summed E-state index contributed by atoms with van der Waals surface area (Å²) in [6, 6.07) is 10.6. The number of carbonyl (C=O) groups is 1. The topological polar surface area (TPSA) is 51.1 Å². The molecule has 0 aromatic heterocycles. The zero-order valence-electron chi connectivity index (χ0n) is 14.1. The number of nitrogens with zero attached hydrogens (tertiary/aromatic N) is 2. The number of ether oxygens (including phenoxy) is 2. The molecular formula is C18H14Cl2N2O3S2. The van der Waals surface area contributed by atoms with Gasteiger partial charge in [-0.2, -0.15) is 10.1 Å². The molecule has 2 aromatic carbocycles. The van der Waals surface area contributed by atoms with Gasteiger partial charge in [0.25, 0.3) is 5.91 Å². The second-order valence-electron chi connectivity index (χ2n) is 5.44. The molecule has 27 heavy (non-hydrogen) atoms. The molecule has 0 aliphatic carbocycles. The molecule has 1 heterocycles. The highest BCUT2D eigenvalue weighted by molar-refractivity contribution is 8.23. The summed E-state index contributed by atoms with van der Waals surface area (Å²) in [6.07, 6.45) is 1.55. The van der Waals surface area contributed by atoms with Crippen molar-refractivity contribution < 1.29 is 14.3 Å². The molecule has 1 aliphatic heterocycles. The summed E-state index contributed by atoms with van der Waals surface area (Å²) >= 11 is 18.5. The third kappa shape index (κ3) is 4.93. The quantitative estimate of drug-likeness (QED) is 0.477. The highest BCUT2D eigenvalue weighted by atomic mass is 35.5. The summed E-state index contributed by atoms with van der Waals surface area (Å²) in [5, 5.41) is 6.47. The second-order valence-corrected chi connectivity index (χ2v) is 7.89. The fourth-order valence-corrected chi connectivity index (χ4v) is 3.69. The van der Waals surface area contributed by atoms with Crippen molar-refractivity contribution >= 4 is 63.6 Å². The molecule has 1 amide bonds. The second kappa shape index (κ2) is 8.93. The maximum atomic E-state index is 11.7. The van der Waals surface area contributed by atoms with Gasteiger partial charge in [-0.25, -0.2) is 0 Å². The molecule has 0 N–H and O–H groups in total. The number of benzene rings is 2. The van der Waals surface area contributed by atoms with Crippen LogP contribution >= 0.6 is 47.2 Å². The molecule has 0 saturated carbocycles. The Morgan fingerprint density at radius 3 is 2.74 bits per heavy atom. The van der Waals surface area contributed by atoms with Crippen LogP contribution in [0.5, 0.6) is 11.5 Å². The number of hydrogen-bond acceptors (Lipinski definition) is 6. The van der Waals surface area contributed by atoms with Crippen LogP contribution in [0.25, 0.3) is 0 Å². The standard InChI is InChI=1S/C18H14Cl2N2O3S2/c1-24-16-6-11(8-21-22-17(23)10-27-18(22)26)2-5-15(16)25-9-12-3-4-13(19)7-14(12)20/h2-8H,9-10H2,1H3/b21-8+. The van der Waals surface area contributed by atoms with E-state index in [1.165, 1.54) is 16.8 Å². The number of hydrazone groups is 1. The fraction of sp³-hybridized carbons (Fsp3) is 0.167. The Balaban J connectivity index is 1.72. The molecule has 0 radical (unpaired) electrons. The van der Waals surface area contributed by atoms with Gasteiger partial charge in [0, 0.05) is 15.6 Å². The van der Waals surface area contributed by atoms with E-state index < -0.39 is 0 Å². The Bertz CT molecular complexity index is 905. The van der Waals surface area contributed by atoms with Crippen LogP contribution in [0, 0.1) is 0 Å². The van der Waals surface area contributed by atoms with E-state index in [0.717, 1.165) is 11.1 Å². The minimum absolute atomic E-state index is 0.131. The molecule has 9 heteroatoms. The van der Waals surface area contributed by atoms with Gasteiger partial charge in [0.1, 0.15) is 6.61 Å². The molecule has 1 fully saturated rings. The van der Waals surface area contributed by atoms with Gasteiger partial charge in [-0.15, -0.1) is 0 Å². The maximum Gasteiger partial charge on any atom is 0.259 e. The Kier molecular flexibility index (Phi) is 6.59. The molecular weight excluding hydrogens is 427 g/mol. The van der Waals surface area contributed by atoms with Crippen LogP contribution in [-0.4, -0.2) is 34.3 Å². The summed E-state index contributed by atoms with van der Waals surface area (Å²) in [5.74, 6) is 1.28. The largest absolute Gasteiger partial charge is 0.493 e. The van der Waals surface area contributed by atoms with Crippen molar-refractivity contribution in [3.63, 3.8) is 0 Å². The Hall–Kier alpha value is -1.80. The van der Waals surface area contributed by atoms with Gasteiger partial charge in [-0.1, -0.05) is 53.2 Å². The lowest BCUT2D eigenvalue weighted by atomic mass is 10.2. The number of rotatable bonds is 6. The number of carbonyl (C=O) groups excluding carboxylic acids is 1. The third-order valence-electron chi connectivity index (χ3n) is 3.64. The SMILES string of the molecule is COc1cc(/C=N/N2C(=O)CSC2=S)ccc1OCc1ccc(Cl)cc1Cl. The van der Waals surface area contributed by atoms with Gasteiger partial charge in [0.15, 0.2) is 15.8 Å². The lowest BCUT2D eigenvalue weighted by molar-refractivity contribution is -0.123. The number of methoxy groups -OCH3 is 1. The van der Waals surface area contributed by atoms with Crippen LogP contribution in [0.1, 0.15) is 11.1 Å². The number of halogens is 2. The highest BCUT2D eigenvalue weighted by Crippen LogP contribution is 2.30. The number of amides is 1. The van der Waals surface area contributed by atoms with Gasteiger partial charge < -0.3 is 9.47 Å². The van der Waals surface area contributed by atoms with E-state index in [9.17, 15) is 4.79 Å². The van der Waals surface area contributed by atoms with Gasteiger partial charge in [0.05, 0.1) is 19.1 Å². The summed E-state index contributed by atoms with van der Waals surface area (Å²) < 4.78 is 11.7. The van der Waals surface area contributed by atoms with E-state index >= 15 is 0 Å². The predicted molar refractivity (Wildman–Crippen MR) is 113 cm³/mol. The average Bonchev–Trinajstić information content (AvgIpc) is 2.97. The van der Waals surface area contributed by atoms with Crippen LogP contribution in [0.15, 0.2) is 41.5 Å². The van der Waals surface area contributed by atoms with Crippen LogP contribution in [-0.2, 0) is 11.4 Å². The minimum Gasteiger partial charge on any atom is -0.493 e. The smallest absolute Gasteiger partial charge is 0.259 e. The lowest BCUT2D eigenvalue weighted by Gasteiger charge is -2.12. The number of thioether (sulfide) groups is 1. The van der Waals surface area contributed by atoms with E-state index in [1.807, 2.05) is 12.1 Å². The van der Waals surface area contributed by atoms with Crippen molar-refractivity contribution in [2.75, 3.05) is 12.9 Å². The van der Waals surface area contributed by atoms with E-state index in [1.54, 1.807) is 37.6 Å². The molecule has 0 atom stereocenters. The zero-order valence-corrected chi connectivity index (χ0v) is 17.3. The van der Waals surface area contributed by atoms with Gasteiger partial charge >= 0.3 is 0 Å². The normalized spacial score (nSPS) is 14.3. The maximum absolute atomic E-state index is 11.7. The van der Waals surface area contributed by atoms with Crippen molar-refractivity contribution in [1.29, 1.82) is 0 Å². The van der Waals surface area contributed by atoms with Gasteiger partial charge in [0.2, 0.25) is 0 Å². The molecule has 0 bridgehead atoms. The number of hydrogen-bond donors (Lipinski definition) is 0. The van der Waals surface area contributed by atoms with E-state index in [4.69, 9.17) is 44.9 Å². The molecule has 1 saturated heterocycles. The monoisotopic (exact) mass is 440 g/mol. The van der Waals surface area contributed by atoms with Crippen molar-refractivity contribution in [3.05, 3.63) is 57.6 Å². The first kappa shape index (κ1) is 19.9. The molecule has 1 aliphatic rings.